The third kappa shape index (κ3) is 2.93. The molecule has 1 amide bonds. The zero-order chi connectivity index (χ0) is 13.8. The summed E-state index contributed by atoms with van der Waals surface area (Å²) < 4.78 is 26.8. The molecule has 3 nitrogen and oxygen atoms in total. The van der Waals surface area contributed by atoms with Gasteiger partial charge < -0.3 is 5.32 Å². The number of carbonyl (C=O) groups excluding carboxylic acids is 1. The molecule has 0 saturated carbocycles. The molecule has 2 aromatic rings. The van der Waals surface area contributed by atoms with Crippen LogP contribution in [0.25, 0.3) is 0 Å². The van der Waals surface area contributed by atoms with Gasteiger partial charge >= 0.3 is 0 Å². The van der Waals surface area contributed by atoms with Gasteiger partial charge in [0, 0.05) is 6.20 Å². The molecule has 0 spiro atoms. The maximum absolute atomic E-state index is 13.4. The fourth-order valence-corrected chi connectivity index (χ4v) is 1.60. The van der Waals surface area contributed by atoms with Gasteiger partial charge in [-0.05, 0) is 30.2 Å². The van der Waals surface area contributed by atoms with Gasteiger partial charge in [-0.15, -0.1) is 0 Å². The number of hydrogen-bond acceptors (Lipinski definition) is 2. The average molecular weight is 262 g/mol. The lowest BCUT2D eigenvalue weighted by Crippen LogP contribution is -2.16. The van der Waals surface area contributed by atoms with Gasteiger partial charge in [0.15, 0.2) is 0 Å². The van der Waals surface area contributed by atoms with Crippen LogP contribution >= 0.6 is 0 Å². The molecule has 0 unspecified atom stereocenters. The van der Waals surface area contributed by atoms with Crippen LogP contribution in [0, 0.1) is 11.6 Å². The van der Waals surface area contributed by atoms with Gasteiger partial charge in [-0.25, -0.2) is 13.8 Å². The number of nitrogens with zero attached hydrogens (tertiary/aromatic N) is 1. The van der Waals surface area contributed by atoms with Crippen molar-refractivity contribution in [2.75, 3.05) is 5.32 Å². The minimum atomic E-state index is -0.900. The summed E-state index contributed by atoms with van der Waals surface area (Å²) >= 11 is 0. The molecule has 0 saturated heterocycles. The average Bonchev–Trinajstić information content (AvgIpc) is 2.39. The van der Waals surface area contributed by atoms with E-state index in [1.54, 1.807) is 18.3 Å². The Hall–Kier alpha value is -2.30. The third-order valence-electron chi connectivity index (χ3n) is 2.66. The molecule has 0 aliphatic heterocycles. The number of carbonyl (C=O) groups is 1. The number of aromatic nitrogens is 1. The summed E-state index contributed by atoms with van der Waals surface area (Å²) in [6, 6.07) is 6.66. The summed E-state index contributed by atoms with van der Waals surface area (Å²) in [7, 11) is 0. The van der Waals surface area contributed by atoms with Gasteiger partial charge in [0.25, 0.3) is 5.91 Å². The lowest BCUT2D eigenvalue weighted by Gasteiger charge is -2.06. The monoisotopic (exact) mass is 262 g/mol. The van der Waals surface area contributed by atoms with Gasteiger partial charge in [0.2, 0.25) is 0 Å². The van der Waals surface area contributed by atoms with Gasteiger partial charge in [-0.3, -0.25) is 4.79 Å². The highest BCUT2D eigenvalue weighted by molar-refractivity contribution is 6.04. The highest BCUT2D eigenvalue weighted by Crippen LogP contribution is 2.14. The van der Waals surface area contributed by atoms with E-state index in [0.29, 0.717) is 0 Å². The fraction of sp³-hybridized carbons (Fsp3) is 0.143. The molecule has 0 bridgehead atoms. The molecule has 98 valence electrons. The first kappa shape index (κ1) is 13.1. The molecule has 5 heteroatoms. The van der Waals surface area contributed by atoms with Gasteiger partial charge in [-0.2, -0.15) is 0 Å². The Morgan fingerprint density at radius 1 is 1.21 bits per heavy atom. The summed E-state index contributed by atoms with van der Waals surface area (Å²) in [6.45, 7) is 1.98. The Morgan fingerprint density at radius 2 is 1.89 bits per heavy atom. The highest BCUT2D eigenvalue weighted by Gasteiger charge is 2.17. The van der Waals surface area contributed by atoms with Crippen LogP contribution in [0.4, 0.5) is 14.6 Å². The van der Waals surface area contributed by atoms with Crippen LogP contribution in [-0.2, 0) is 6.42 Å². The minimum Gasteiger partial charge on any atom is -0.306 e. The van der Waals surface area contributed by atoms with Crippen LogP contribution in [0.2, 0.25) is 0 Å². The van der Waals surface area contributed by atoms with Crippen LogP contribution in [-0.4, -0.2) is 10.9 Å². The first-order valence-electron chi connectivity index (χ1n) is 5.82. The lowest BCUT2D eigenvalue weighted by molar-refractivity contribution is 0.101. The van der Waals surface area contributed by atoms with E-state index in [0.717, 1.165) is 24.1 Å². The molecule has 0 atom stereocenters. The Bertz CT molecular complexity index is 577. The number of amides is 1. The van der Waals surface area contributed by atoms with Gasteiger partial charge in [0.1, 0.15) is 23.0 Å². The van der Waals surface area contributed by atoms with E-state index in [2.05, 4.69) is 10.3 Å². The lowest BCUT2D eigenvalue weighted by atomic mass is 10.2. The molecule has 1 aromatic carbocycles. The first-order valence-corrected chi connectivity index (χ1v) is 5.82. The molecule has 0 aliphatic carbocycles. The van der Waals surface area contributed by atoms with Crippen molar-refractivity contribution in [2.45, 2.75) is 13.3 Å². The van der Waals surface area contributed by atoms with Crippen LogP contribution in [0.5, 0.6) is 0 Å². The summed E-state index contributed by atoms with van der Waals surface area (Å²) in [5, 5.41) is 2.36. The minimum absolute atomic E-state index is 0.254. The Kier molecular flexibility index (Phi) is 3.85. The number of nitrogens with one attached hydrogen (secondary N) is 1. The predicted octanol–water partition coefficient (Wildman–Crippen LogP) is 3.17. The zero-order valence-electron chi connectivity index (χ0n) is 10.3. The van der Waals surface area contributed by atoms with E-state index in [1.165, 1.54) is 6.07 Å². The summed E-state index contributed by atoms with van der Waals surface area (Å²) in [5.74, 6) is -2.40. The van der Waals surface area contributed by atoms with E-state index in [-0.39, 0.29) is 5.82 Å². The Balaban J connectivity index is 2.21. The first-order chi connectivity index (χ1) is 9.11. The van der Waals surface area contributed by atoms with Gasteiger partial charge in [-0.1, -0.05) is 19.1 Å². The molecule has 1 N–H and O–H groups in total. The van der Waals surface area contributed by atoms with E-state index in [4.69, 9.17) is 0 Å². The summed E-state index contributed by atoms with van der Waals surface area (Å²) in [5.41, 5.74) is 0.402. The second kappa shape index (κ2) is 5.56. The van der Waals surface area contributed by atoms with Crippen molar-refractivity contribution in [3.8, 4) is 0 Å². The molecule has 0 aliphatic rings. The van der Waals surface area contributed by atoms with Crippen molar-refractivity contribution in [3.63, 3.8) is 0 Å². The number of hydrogen-bond donors (Lipinski definition) is 1. The van der Waals surface area contributed by atoms with Crippen LogP contribution in [0.3, 0.4) is 0 Å². The van der Waals surface area contributed by atoms with Crippen molar-refractivity contribution in [3.05, 3.63) is 59.3 Å². The summed E-state index contributed by atoms with van der Waals surface area (Å²) in [6.07, 6.45) is 2.43. The maximum atomic E-state index is 13.4. The van der Waals surface area contributed by atoms with Crippen LogP contribution in [0.1, 0.15) is 22.8 Å². The number of aryl methyl sites for hydroxylation is 1. The SMILES string of the molecule is CCc1ccc(NC(=O)c2c(F)cccc2F)nc1. The topological polar surface area (TPSA) is 42.0 Å². The Morgan fingerprint density at radius 3 is 2.42 bits per heavy atom. The fourth-order valence-electron chi connectivity index (χ4n) is 1.60. The third-order valence-corrected chi connectivity index (χ3v) is 2.66. The quantitative estimate of drug-likeness (QED) is 0.923. The van der Waals surface area contributed by atoms with Crippen LogP contribution in [0.15, 0.2) is 36.5 Å². The molecule has 19 heavy (non-hydrogen) atoms. The number of anilines is 1. The maximum Gasteiger partial charge on any atom is 0.262 e. The molecular weight excluding hydrogens is 250 g/mol. The second-order valence-corrected chi connectivity index (χ2v) is 3.96. The molecule has 1 aromatic heterocycles. The summed E-state index contributed by atoms with van der Waals surface area (Å²) in [4.78, 5) is 15.8. The smallest absolute Gasteiger partial charge is 0.262 e. The molecule has 2 rings (SSSR count). The second-order valence-electron chi connectivity index (χ2n) is 3.96. The van der Waals surface area contributed by atoms with Crippen molar-refractivity contribution in [1.29, 1.82) is 0 Å². The van der Waals surface area contributed by atoms with E-state index in [1.807, 2.05) is 6.92 Å². The molecular formula is C14H12F2N2O. The van der Waals surface area contributed by atoms with Crippen molar-refractivity contribution < 1.29 is 13.6 Å². The normalized spacial score (nSPS) is 10.3. The molecule has 0 radical (unpaired) electrons. The van der Waals surface area contributed by atoms with E-state index >= 15 is 0 Å². The highest BCUT2D eigenvalue weighted by atomic mass is 19.1. The molecule has 1 heterocycles. The standard InChI is InChI=1S/C14H12F2N2O/c1-2-9-6-7-12(17-8-9)18-14(19)13-10(15)4-3-5-11(13)16/h3-8H,2H2,1H3,(H,17,18,19). The van der Waals surface area contributed by atoms with E-state index in [9.17, 15) is 13.6 Å². The van der Waals surface area contributed by atoms with Crippen molar-refractivity contribution in [1.82, 2.24) is 4.98 Å². The number of benzene rings is 1. The van der Waals surface area contributed by atoms with Crippen molar-refractivity contribution >= 4 is 11.7 Å². The van der Waals surface area contributed by atoms with E-state index < -0.39 is 23.1 Å². The van der Waals surface area contributed by atoms with Gasteiger partial charge in [0.05, 0.1) is 0 Å². The van der Waals surface area contributed by atoms with Crippen LogP contribution < -0.4 is 5.32 Å². The number of halogens is 2. The largest absolute Gasteiger partial charge is 0.306 e. The number of rotatable bonds is 3. The Labute approximate surface area is 109 Å². The van der Waals surface area contributed by atoms with Crippen molar-refractivity contribution in [2.24, 2.45) is 0 Å². The number of pyridine rings is 1. The zero-order valence-corrected chi connectivity index (χ0v) is 10.3. The predicted molar refractivity (Wildman–Crippen MR) is 67.9 cm³/mol. The molecule has 0 fully saturated rings.